The normalized spacial score (nSPS) is 22.5. The highest BCUT2D eigenvalue weighted by Gasteiger charge is 2.38. The number of nitrogens with zero attached hydrogens (tertiary/aromatic N) is 4. The molecule has 5 rings (SSSR count). The number of thiazole rings is 1. The molecular weight excluding hydrogens is 539 g/mol. The molecule has 2 saturated heterocycles. The van der Waals surface area contributed by atoms with E-state index in [1.807, 2.05) is 17.2 Å². The van der Waals surface area contributed by atoms with Gasteiger partial charge in [-0.1, -0.05) is 13.0 Å². The van der Waals surface area contributed by atoms with Crippen LogP contribution in [0.1, 0.15) is 29.1 Å². The lowest BCUT2D eigenvalue weighted by molar-refractivity contribution is -0.133. The summed E-state index contributed by atoms with van der Waals surface area (Å²) in [7, 11) is 0. The average molecular weight is 563 g/mol. The van der Waals surface area contributed by atoms with Gasteiger partial charge in [0.1, 0.15) is 11.9 Å². The van der Waals surface area contributed by atoms with Crippen LogP contribution in [0.5, 0.6) is 0 Å². The molecule has 0 spiro atoms. The Bertz CT molecular complexity index is 1230. The standard InChI is InChI=1S/C23H24BrFN6O3S/c1-2-13-14(3-4-15(25)18(13)24)19-17(22(32)33)16(28-20(29-19)21-26-5-8-35-21)11-30-6-7-31-12(10-30)9-27-23(31)34/h3-5,8,12,19H,2,6-7,9-11H2,1H3,(H,27,34)(H,28,29)(H,32,33)/t12-,19-/m1/s1. The van der Waals surface area contributed by atoms with Crippen LogP contribution in [0.2, 0.25) is 0 Å². The van der Waals surface area contributed by atoms with Crippen LogP contribution in [0.15, 0.2) is 44.4 Å². The minimum atomic E-state index is -1.08. The Morgan fingerprint density at radius 2 is 2.20 bits per heavy atom. The van der Waals surface area contributed by atoms with Gasteiger partial charge >= 0.3 is 12.0 Å². The Balaban J connectivity index is 1.56. The molecule has 9 nitrogen and oxygen atoms in total. The van der Waals surface area contributed by atoms with Crippen molar-refractivity contribution in [3.63, 3.8) is 0 Å². The minimum absolute atomic E-state index is 0.0522. The molecular formula is C23H24BrFN6O3S. The number of urea groups is 1. The molecule has 3 N–H and O–H groups in total. The van der Waals surface area contributed by atoms with E-state index in [0.717, 1.165) is 0 Å². The molecule has 0 unspecified atom stereocenters. The van der Waals surface area contributed by atoms with Gasteiger partial charge in [-0.15, -0.1) is 11.3 Å². The highest BCUT2D eigenvalue weighted by molar-refractivity contribution is 9.10. The Morgan fingerprint density at radius 1 is 1.37 bits per heavy atom. The van der Waals surface area contributed by atoms with Crippen molar-refractivity contribution in [2.24, 2.45) is 4.99 Å². The Labute approximate surface area is 213 Å². The number of carbonyl (C=O) groups excluding carboxylic acids is 1. The monoisotopic (exact) mass is 562 g/mol. The maximum atomic E-state index is 14.3. The number of benzene rings is 1. The summed E-state index contributed by atoms with van der Waals surface area (Å²) >= 11 is 4.74. The van der Waals surface area contributed by atoms with Gasteiger partial charge in [-0.25, -0.2) is 19.0 Å². The van der Waals surface area contributed by atoms with Crippen molar-refractivity contribution in [2.45, 2.75) is 25.4 Å². The maximum absolute atomic E-state index is 14.3. The van der Waals surface area contributed by atoms with E-state index in [-0.39, 0.29) is 17.6 Å². The third kappa shape index (κ3) is 4.45. The molecule has 0 radical (unpaired) electrons. The topological polar surface area (TPSA) is 110 Å². The molecule has 2 fully saturated rings. The zero-order chi connectivity index (χ0) is 24.7. The van der Waals surface area contributed by atoms with Crippen molar-refractivity contribution in [3.05, 3.63) is 61.4 Å². The number of piperazine rings is 1. The number of rotatable bonds is 6. The quantitative estimate of drug-likeness (QED) is 0.499. The molecule has 184 valence electrons. The first-order chi connectivity index (χ1) is 16.9. The van der Waals surface area contributed by atoms with Crippen LogP contribution in [0.3, 0.4) is 0 Å². The average Bonchev–Trinajstić information content (AvgIpc) is 3.50. The Kier molecular flexibility index (Phi) is 6.60. The lowest BCUT2D eigenvalue weighted by Gasteiger charge is -2.38. The van der Waals surface area contributed by atoms with Crippen LogP contribution in [0.4, 0.5) is 9.18 Å². The number of carboxylic acids is 1. The number of halogens is 2. The summed E-state index contributed by atoms with van der Waals surface area (Å²) in [5, 5.41) is 18.9. The predicted molar refractivity (Wildman–Crippen MR) is 133 cm³/mol. The number of hydrogen-bond acceptors (Lipinski definition) is 7. The van der Waals surface area contributed by atoms with Gasteiger partial charge in [0, 0.05) is 50.0 Å². The molecule has 0 aliphatic carbocycles. The van der Waals surface area contributed by atoms with Crippen molar-refractivity contribution in [2.75, 3.05) is 32.7 Å². The second-order valence-electron chi connectivity index (χ2n) is 8.59. The van der Waals surface area contributed by atoms with E-state index >= 15 is 0 Å². The molecule has 3 aliphatic rings. The van der Waals surface area contributed by atoms with Gasteiger partial charge in [-0.05, 0) is 39.5 Å². The summed E-state index contributed by atoms with van der Waals surface area (Å²) in [6.07, 6.45) is 2.18. The molecule has 1 aromatic heterocycles. The van der Waals surface area contributed by atoms with Gasteiger partial charge in [-0.3, -0.25) is 9.89 Å². The lowest BCUT2D eigenvalue weighted by Crippen LogP contribution is -2.53. The smallest absolute Gasteiger partial charge is 0.335 e. The van der Waals surface area contributed by atoms with Crippen LogP contribution in [0.25, 0.3) is 0 Å². The number of aliphatic imine (C=N–C) groups is 1. The number of aliphatic carboxylic acids is 1. The second kappa shape index (κ2) is 9.67. The molecule has 0 bridgehead atoms. The van der Waals surface area contributed by atoms with Gasteiger partial charge in [-0.2, -0.15) is 0 Å². The van der Waals surface area contributed by atoms with Crippen molar-refractivity contribution in [1.29, 1.82) is 0 Å². The number of fused-ring (bicyclic) bond motifs is 1. The maximum Gasteiger partial charge on any atom is 0.335 e. The lowest BCUT2D eigenvalue weighted by atomic mass is 9.91. The van der Waals surface area contributed by atoms with Crippen LogP contribution >= 0.6 is 27.3 Å². The summed E-state index contributed by atoms with van der Waals surface area (Å²) in [6, 6.07) is 2.12. The number of aromatic nitrogens is 1. The number of carboxylic acid groups (broad SMARTS) is 1. The summed E-state index contributed by atoms with van der Waals surface area (Å²) in [5.74, 6) is -0.996. The van der Waals surface area contributed by atoms with Crippen molar-refractivity contribution in [3.8, 4) is 0 Å². The van der Waals surface area contributed by atoms with Gasteiger partial charge in [0.2, 0.25) is 0 Å². The Morgan fingerprint density at radius 3 is 2.91 bits per heavy atom. The molecule has 1 aromatic carbocycles. The van der Waals surface area contributed by atoms with Gasteiger partial charge in [0.05, 0.1) is 16.1 Å². The van der Waals surface area contributed by atoms with Gasteiger partial charge < -0.3 is 20.6 Å². The molecule has 3 aliphatic heterocycles. The van der Waals surface area contributed by atoms with E-state index < -0.39 is 17.8 Å². The van der Waals surface area contributed by atoms with Crippen LogP contribution in [-0.2, 0) is 11.2 Å². The van der Waals surface area contributed by atoms with E-state index in [0.29, 0.717) is 71.3 Å². The third-order valence-corrected chi connectivity index (χ3v) is 8.21. The summed E-state index contributed by atoms with van der Waals surface area (Å²) in [6.45, 7) is 4.66. The van der Waals surface area contributed by atoms with Gasteiger partial charge in [0.25, 0.3) is 0 Å². The van der Waals surface area contributed by atoms with E-state index in [1.165, 1.54) is 17.4 Å². The second-order valence-corrected chi connectivity index (χ2v) is 10.3. The van der Waals surface area contributed by atoms with Gasteiger partial charge in [0.15, 0.2) is 10.8 Å². The summed E-state index contributed by atoms with van der Waals surface area (Å²) < 4.78 is 14.6. The first-order valence-corrected chi connectivity index (χ1v) is 13.0. The third-order valence-electron chi connectivity index (χ3n) is 6.57. The number of amidine groups is 1. The molecule has 2 aromatic rings. The largest absolute Gasteiger partial charge is 0.478 e. The fraction of sp³-hybridized carbons (Fsp3) is 0.391. The van der Waals surface area contributed by atoms with Crippen molar-refractivity contribution >= 4 is 45.1 Å². The van der Waals surface area contributed by atoms with E-state index in [2.05, 4.69) is 36.4 Å². The zero-order valence-corrected chi connectivity index (χ0v) is 21.3. The van der Waals surface area contributed by atoms with E-state index in [1.54, 1.807) is 12.3 Å². The van der Waals surface area contributed by atoms with E-state index in [9.17, 15) is 19.1 Å². The molecule has 2 atom stereocenters. The van der Waals surface area contributed by atoms with Crippen molar-refractivity contribution in [1.82, 2.24) is 25.4 Å². The van der Waals surface area contributed by atoms with Crippen molar-refractivity contribution < 1.29 is 19.1 Å². The molecule has 35 heavy (non-hydrogen) atoms. The SMILES string of the molecule is CCc1c([C@H]2N=C(c3nccs3)NC(CN3CCN4C(=O)NC[C@@H]4C3)=C2C(=O)O)ccc(F)c1Br. The molecule has 4 heterocycles. The first-order valence-electron chi connectivity index (χ1n) is 11.3. The molecule has 0 saturated carbocycles. The number of amides is 2. The minimum Gasteiger partial charge on any atom is -0.478 e. The van der Waals surface area contributed by atoms with Crippen LogP contribution in [0, 0.1) is 5.82 Å². The fourth-order valence-electron chi connectivity index (χ4n) is 4.90. The fourth-order valence-corrected chi connectivity index (χ4v) is 6.13. The summed E-state index contributed by atoms with van der Waals surface area (Å²) in [5.41, 5.74) is 1.97. The number of hydrogen-bond donors (Lipinski definition) is 3. The zero-order valence-electron chi connectivity index (χ0n) is 18.9. The molecule has 12 heteroatoms. The Hall–Kier alpha value is -2.83. The highest BCUT2D eigenvalue weighted by Crippen LogP contribution is 2.37. The van der Waals surface area contributed by atoms with E-state index in [4.69, 9.17) is 4.99 Å². The molecule has 2 amide bonds. The predicted octanol–water partition coefficient (Wildman–Crippen LogP) is 2.75. The van der Waals surface area contributed by atoms with Crippen LogP contribution < -0.4 is 10.6 Å². The highest BCUT2D eigenvalue weighted by atomic mass is 79.9. The number of nitrogens with one attached hydrogen (secondary N) is 2. The van der Waals surface area contributed by atoms with Crippen LogP contribution in [-0.4, -0.2) is 76.5 Å². The first kappa shape index (κ1) is 23.9. The summed E-state index contributed by atoms with van der Waals surface area (Å²) in [4.78, 5) is 37.7. The number of carbonyl (C=O) groups is 2.